The molecule has 0 bridgehead atoms. The summed E-state index contributed by atoms with van der Waals surface area (Å²) in [4.78, 5) is 15.4. The van der Waals surface area contributed by atoms with Crippen LogP contribution in [0.3, 0.4) is 0 Å². The Hall–Kier alpha value is -6.19. The highest BCUT2D eigenvalue weighted by atomic mass is 14.8. The molecule has 0 amide bonds. The van der Waals surface area contributed by atoms with Crippen LogP contribution in [0, 0.1) is 0 Å². The first kappa shape index (κ1) is 25.2. The summed E-state index contributed by atoms with van der Waals surface area (Å²) in [5.74, 6) is 0. The van der Waals surface area contributed by atoms with E-state index >= 15 is 0 Å². The molecule has 10 aromatic rings. The molecule has 0 aliphatic heterocycles. The number of hydrogen-bond acceptors (Lipinski definition) is 3. The van der Waals surface area contributed by atoms with Crippen molar-refractivity contribution in [2.45, 2.75) is 0 Å². The molecule has 0 aliphatic rings. The summed E-state index contributed by atoms with van der Waals surface area (Å²) in [6.45, 7) is 0. The summed E-state index contributed by atoms with van der Waals surface area (Å²) in [7, 11) is 0. The number of benzene rings is 7. The van der Waals surface area contributed by atoms with Crippen LogP contribution in [0.2, 0.25) is 0 Å². The molecule has 0 radical (unpaired) electrons. The van der Waals surface area contributed by atoms with Gasteiger partial charge >= 0.3 is 0 Å². The van der Waals surface area contributed by atoms with Crippen LogP contribution in [0.1, 0.15) is 0 Å². The lowest BCUT2D eigenvalue weighted by Gasteiger charge is -2.12. The Morgan fingerprint density at radius 3 is 1.46 bits per heavy atom. The zero-order valence-electron chi connectivity index (χ0n) is 24.8. The third-order valence-electron chi connectivity index (χ3n) is 9.37. The van der Waals surface area contributed by atoms with Crippen molar-refractivity contribution in [1.82, 2.24) is 15.0 Å². The summed E-state index contributed by atoms with van der Waals surface area (Å²) >= 11 is 0. The van der Waals surface area contributed by atoms with E-state index in [0.717, 1.165) is 66.1 Å². The highest BCUT2D eigenvalue weighted by molar-refractivity contribution is 6.25. The van der Waals surface area contributed by atoms with E-state index in [0.29, 0.717) is 0 Å². The molecule has 0 saturated heterocycles. The highest BCUT2D eigenvalue weighted by Gasteiger charge is 2.13. The molecule has 0 N–H and O–H groups in total. The fourth-order valence-corrected chi connectivity index (χ4v) is 7.10. The van der Waals surface area contributed by atoms with Crippen LogP contribution in [0.15, 0.2) is 152 Å². The van der Waals surface area contributed by atoms with Crippen molar-refractivity contribution in [2.75, 3.05) is 0 Å². The molecule has 0 aliphatic carbocycles. The number of hydrogen-bond donors (Lipinski definition) is 0. The Kier molecular flexibility index (Phi) is 5.28. The van der Waals surface area contributed by atoms with Crippen LogP contribution in [0.5, 0.6) is 0 Å². The second kappa shape index (κ2) is 9.65. The first-order chi connectivity index (χ1) is 22.8. The van der Waals surface area contributed by atoms with Gasteiger partial charge < -0.3 is 0 Å². The standard InChI is InChI=1S/C43H25N3/c1-6-12-38-28(7-1)23-31-24-29(18-22-41(31)44-38)39-20-16-26-13-14-27-17-21-40(46-43(27)42(26)45-39)30-15-19-36-34-10-3-2-8-32(34)33-9-4-5-11-35(33)37(36)25-30/h1-25H. The van der Waals surface area contributed by atoms with Gasteiger partial charge in [0.15, 0.2) is 0 Å². The fourth-order valence-electron chi connectivity index (χ4n) is 7.10. The van der Waals surface area contributed by atoms with E-state index in [1.54, 1.807) is 0 Å². The molecule has 3 aromatic heterocycles. The quantitative estimate of drug-likeness (QED) is 0.150. The molecule has 0 fully saturated rings. The minimum Gasteiger partial charge on any atom is -0.248 e. The second-order valence-corrected chi connectivity index (χ2v) is 12.0. The van der Waals surface area contributed by atoms with Gasteiger partial charge in [-0.05, 0) is 74.8 Å². The van der Waals surface area contributed by atoms with Gasteiger partial charge in [-0.25, -0.2) is 15.0 Å². The van der Waals surface area contributed by atoms with Crippen molar-refractivity contribution in [3.63, 3.8) is 0 Å². The van der Waals surface area contributed by atoms with E-state index in [4.69, 9.17) is 15.0 Å². The van der Waals surface area contributed by atoms with Gasteiger partial charge in [0, 0.05) is 32.7 Å². The molecule has 0 atom stereocenters. The highest BCUT2D eigenvalue weighted by Crippen LogP contribution is 2.37. The van der Waals surface area contributed by atoms with Gasteiger partial charge in [0.2, 0.25) is 0 Å². The summed E-state index contributed by atoms with van der Waals surface area (Å²) in [6.07, 6.45) is 0. The lowest BCUT2D eigenvalue weighted by atomic mass is 9.93. The van der Waals surface area contributed by atoms with Crippen molar-refractivity contribution >= 4 is 75.9 Å². The van der Waals surface area contributed by atoms with Crippen LogP contribution < -0.4 is 0 Å². The first-order valence-corrected chi connectivity index (χ1v) is 15.6. The Morgan fingerprint density at radius 1 is 0.283 bits per heavy atom. The van der Waals surface area contributed by atoms with E-state index in [1.165, 1.54) is 32.3 Å². The maximum Gasteiger partial charge on any atom is 0.0972 e. The van der Waals surface area contributed by atoms with E-state index in [2.05, 4.69) is 146 Å². The van der Waals surface area contributed by atoms with Gasteiger partial charge in [0.25, 0.3) is 0 Å². The van der Waals surface area contributed by atoms with Gasteiger partial charge in [0.05, 0.1) is 33.5 Å². The van der Waals surface area contributed by atoms with E-state index in [9.17, 15) is 0 Å². The molecule has 3 heterocycles. The molecule has 10 rings (SSSR count). The zero-order valence-corrected chi connectivity index (χ0v) is 24.8. The van der Waals surface area contributed by atoms with Gasteiger partial charge in [-0.1, -0.05) is 109 Å². The molecule has 7 aromatic carbocycles. The second-order valence-electron chi connectivity index (χ2n) is 12.0. The van der Waals surface area contributed by atoms with Crippen molar-refractivity contribution in [3.8, 4) is 22.5 Å². The predicted molar refractivity (Wildman–Crippen MR) is 193 cm³/mol. The summed E-state index contributed by atoms with van der Waals surface area (Å²) in [5.41, 5.74) is 7.83. The average molecular weight is 584 g/mol. The van der Waals surface area contributed by atoms with Crippen molar-refractivity contribution in [2.24, 2.45) is 0 Å². The molecule has 0 saturated carbocycles. The molecule has 0 unspecified atom stereocenters. The molecule has 3 heteroatoms. The number of nitrogens with zero attached hydrogens (tertiary/aromatic N) is 3. The predicted octanol–water partition coefficient (Wildman–Crippen LogP) is 11.3. The van der Waals surface area contributed by atoms with Gasteiger partial charge in [-0.3, -0.25) is 0 Å². The molecule has 46 heavy (non-hydrogen) atoms. The lowest BCUT2D eigenvalue weighted by molar-refractivity contribution is 1.37. The lowest BCUT2D eigenvalue weighted by Crippen LogP contribution is -1.92. The Bertz CT molecular complexity index is 2840. The van der Waals surface area contributed by atoms with Gasteiger partial charge in [0.1, 0.15) is 0 Å². The number of aromatic nitrogens is 3. The maximum atomic E-state index is 5.27. The minimum absolute atomic E-state index is 0.908. The monoisotopic (exact) mass is 583 g/mol. The normalized spacial score (nSPS) is 11.9. The van der Waals surface area contributed by atoms with Crippen LogP contribution in [0.25, 0.3) is 98.4 Å². The SMILES string of the molecule is c1ccc2nc3ccc(-c4ccc5ccc6ccc(-c7ccc8c9ccccc9c9ccccc9c8c7)nc6c5n4)cc3cc2c1. The van der Waals surface area contributed by atoms with Crippen molar-refractivity contribution < 1.29 is 0 Å². The molecule has 3 nitrogen and oxygen atoms in total. The number of rotatable bonds is 2. The molecule has 212 valence electrons. The first-order valence-electron chi connectivity index (χ1n) is 15.6. The maximum absolute atomic E-state index is 5.27. The van der Waals surface area contributed by atoms with Crippen LogP contribution in [-0.2, 0) is 0 Å². The van der Waals surface area contributed by atoms with E-state index < -0.39 is 0 Å². The Balaban J connectivity index is 1.14. The Morgan fingerprint density at radius 2 is 0.783 bits per heavy atom. The third kappa shape index (κ3) is 3.82. The largest absolute Gasteiger partial charge is 0.248 e. The summed E-state index contributed by atoms with van der Waals surface area (Å²) in [5, 5.41) is 12.0. The van der Waals surface area contributed by atoms with E-state index in [1.807, 2.05) is 6.07 Å². The number of fused-ring (bicyclic) bond motifs is 11. The molecular formula is C43H25N3. The topological polar surface area (TPSA) is 38.7 Å². The minimum atomic E-state index is 0.908. The smallest absolute Gasteiger partial charge is 0.0972 e. The van der Waals surface area contributed by atoms with Crippen LogP contribution in [0.4, 0.5) is 0 Å². The summed E-state index contributed by atoms with van der Waals surface area (Å²) < 4.78 is 0. The fraction of sp³-hybridized carbons (Fsp3) is 0. The van der Waals surface area contributed by atoms with Crippen molar-refractivity contribution in [3.05, 3.63) is 152 Å². The average Bonchev–Trinajstić information content (AvgIpc) is 3.13. The van der Waals surface area contributed by atoms with Gasteiger partial charge in [-0.15, -0.1) is 0 Å². The third-order valence-corrected chi connectivity index (χ3v) is 9.37. The van der Waals surface area contributed by atoms with Crippen LogP contribution >= 0.6 is 0 Å². The number of para-hydroxylation sites is 1. The van der Waals surface area contributed by atoms with Gasteiger partial charge in [-0.2, -0.15) is 0 Å². The van der Waals surface area contributed by atoms with Crippen LogP contribution in [-0.4, -0.2) is 15.0 Å². The van der Waals surface area contributed by atoms with E-state index in [-0.39, 0.29) is 0 Å². The Labute approximate surface area is 264 Å². The number of pyridine rings is 3. The molecular weight excluding hydrogens is 558 g/mol. The zero-order chi connectivity index (χ0) is 30.2. The van der Waals surface area contributed by atoms with Crippen molar-refractivity contribution in [1.29, 1.82) is 0 Å². The molecule has 0 spiro atoms. The summed E-state index contributed by atoms with van der Waals surface area (Å²) in [6, 6.07) is 53.8.